The molecule has 0 bridgehead atoms. The average Bonchev–Trinajstić information content (AvgIpc) is 2.09. The van der Waals surface area contributed by atoms with Crippen molar-refractivity contribution in [3.63, 3.8) is 0 Å². The largest absolute Gasteiger partial charge is 0.481 e. The van der Waals surface area contributed by atoms with Crippen LogP contribution in [0.5, 0.6) is 0 Å². The van der Waals surface area contributed by atoms with Crippen LogP contribution in [0.25, 0.3) is 0 Å². The van der Waals surface area contributed by atoms with E-state index < -0.39 is 17.3 Å². The lowest BCUT2D eigenvalue weighted by molar-refractivity contribution is -0.142. The third-order valence-electron chi connectivity index (χ3n) is 1.24. The van der Waals surface area contributed by atoms with E-state index in [1.807, 2.05) is 0 Å². The van der Waals surface area contributed by atoms with Gasteiger partial charge in [0.15, 0.2) is 0 Å². The molecule has 0 aromatic heterocycles. The van der Waals surface area contributed by atoms with Gasteiger partial charge in [0, 0.05) is 11.5 Å². The Morgan fingerprint density at radius 2 is 2.07 bits per heavy atom. The van der Waals surface area contributed by atoms with Gasteiger partial charge < -0.3 is 9.84 Å². The van der Waals surface area contributed by atoms with Gasteiger partial charge >= 0.3 is 11.9 Å². The van der Waals surface area contributed by atoms with Crippen LogP contribution in [0.15, 0.2) is 11.6 Å². The summed E-state index contributed by atoms with van der Waals surface area (Å²) in [5, 5.41) is 7.54. The summed E-state index contributed by atoms with van der Waals surface area (Å²) < 4.78 is 4.60. The Kier molecular flexibility index (Phi) is 6.32. The molecule has 0 amide bonds. The van der Waals surface area contributed by atoms with Crippen molar-refractivity contribution in [1.82, 2.24) is 0 Å². The van der Waals surface area contributed by atoms with Gasteiger partial charge in [0.05, 0.1) is 0 Å². The molecule has 0 spiro atoms. The van der Waals surface area contributed by atoms with Gasteiger partial charge in [-0.25, -0.2) is 0 Å². The van der Waals surface area contributed by atoms with E-state index in [-0.39, 0.29) is 24.5 Å². The summed E-state index contributed by atoms with van der Waals surface area (Å²) in [6, 6.07) is 0. The average molecular weight is 241 g/mol. The van der Waals surface area contributed by atoms with Crippen molar-refractivity contribution in [2.75, 3.05) is 6.61 Å². The number of alkyl halides is 1. The van der Waals surface area contributed by atoms with E-state index in [1.54, 1.807) is 0 Å². The van der Waals surface area contributed by atoms with E-state index in [9.17, 15) is 9.59 Å². The number of carboxylic acids is 1. The summed E-state index contributed by atoms with van der Waals surface area (Å²) in [5.74, 6) is -1.69. The monoisotopic (exact) mass is 240 g/mol. The van der Waals surface area contributed by atoms with Gasteiger partial charge in [0.25, 0.3) is 0 Å². The minimum Gasteiger partial charge on any atom is -0.481 e. The molecule has 0 rings (SSSR count). The zero-order chi connectivity index (χ0) is 11.1. The van der Waals surface area contributed by atoms with Crippen LogP contribution in [-0.4, -0.2) is 29.0 Å². The maximum Gasteiger partial charge on any atom is 0.324 e. The van der Waals surface area contributed by atoms with Gasteiger partial charge in [-0.3, -0.25) is 9.59 Å². The maximum absolute atomic E-state index is 11.0. The number of hydrogen-bond donors (Lipinski definition) is 1. The van der Waals surface area contributed by atoms with Gasteiger partial charge in [0.2, 0.25) is 0 Å². The number of rotatable bonds is 6. The van der Waals surface area contributed by atoms with E-state index in [1.165, 1.54) is 0 Å². The second-order valence-corrected chi connectivity index (χ2v) is 3.59. The fraction of sp³-hybridized carbons (Fsp3) is 0.500. The highest BCUT2D eigenvalue weighted by Gasteiger charge is 2.17. The summed E-state index contributed by atoms with van der Waals surface area (Å²) in [6.07, 6.45) is -0.143. The molecule has 1 N–H and O–H groups in total. The van der Waals surface area contributed by atoms with Crippen LogP contribution in [0.2, 0.25) is 0 Å². The molecule has 80 valence electrons. The molecule has 1 unspecified atom stereocenters. The minimum absolute atomic E-state index is 0.0322. The second kappa shape index (κ2) is 6.68. The minimum atomic E-state index is -1.01. The van der Waals surface area contributed by atoms with Crippen LogP contribution in [0.1, 0.15) is 12.8 Å². The van der Waals surface area contributed by atoms with Crippen molar-refractivity contribution in [3.8, 4) is 0 Å². The number of carboxylic acid groups (broad SMARTS) is 1. The number of carbonyl (C=O) groups is 2. The van der Waals surface area contributed by atoms with Gasteiger partial charge in [-0.05, 0) is 6.42 Å². The van der Waals surface area contributed by atoms with Crippen molar-refractivity contribution in [2.24, 2.45) is 0 Å². The summed E-state index contributed by atoms with van der Waals surface area (Å²) in [6.45, 7) is 3.20. The molecule has 0 radical (unpaired) electrons. The van der Waals surface area contributed by atoms with Crippen molar-refractivity contribution in [1.29, 1.82) is 0 Å². The predicted octanol–water partition coefficient (Wildman–Crippen LogP) is 1.75. The molecule has 0 aliphatic carbocycles. The van der Waals surface area contributed by atoms with Crippen LogP contribution in [0.4, 0.5) is 0 Å². The molecule has 0 aromatic rings. The van der Waals surface area contributed by atoms with Crippen molar-refractivity contribution in [3.05, 3.63) is 11.6 Å². The topological polar surface area (TPSA) is 63.6 Å². The summed E-state index contributed by atoms with van der Waals surface area (Å²) in [5.41, 5.74) is 0. The molecule has 0 aromatic carbocycles. The quantitative estimate of drug-likeness (QED) is 0.568. The van der Waals surface area contributed by atoms with Crippen LogP contribution >= 0.6 is 23.2 Å². The highest BCUT2D eigenvalue weighted by atomic mass is 35.5. The lowest BCUT2D eigenvalue weighted by atomic mass is 10.2. The number of aliphatic carboxylic acids is 1. The molecule has 4 nitrogen and oxygen atoms in total. The molecular formula is C8H10Cl2O4. The van der Waals surface area contributed by atoms with E-state index in [2.05, 4.69) is 11.3 Å². The maximum atomic E-state index is 11.0. The Labute approximate surface area is 91.4 Å². The molecule has 6 heteroatoms. The fourth-order valence-electron chi connectivity index (χ4n) is 0.608. The van der Waals surface area contributed by atoms with Crippen molar-refractivity contribution >= 4 is 35.1 Å². The Balaban J connectivity index is 3.76. The fourth-order valence-corrected chi connectivity index (χ4v) is 0.835. The third-order valence-corrected chi connectivity index (χ3v) is 1.74. The first-order valence-electron chi connectivity index (χ1n) is 3.79. The number of ether oxygens (including phenoxy) is 1. The molecule has 1 atom stereocenters. The molecule has 14 heavy (non-hydrogen) atoms. The SMILES string of the molecule is C=C(Cl)COC(=O)C(Cl)CCC(=O)O. The van der Waals surface area contributed by atoms with Crippen molar-refractivity contribution < 1.29 is 19.4 Å². The van der Waals surface area contributed by atoms with Crippen LogP contribution in [-0.2, 0) is 14.3 Å². The van der Waals surface area contributed by atoms with Crippen molar-refractivity contribution in [2.45, 2.75) is 18.2 Å². The molecule has 0 aliphatic rings. The molecule has 0 aliphatic heterocycles. The zero-order valence-electron chi connectivity index (χ0n) is 7.33. The lowest BCUT2D eigenvalue weighted by Crippen LogP contribution is -2.19. The molecule has 0 saturated heterocycles. The first-order valence-corrected chi connectivity index (χ1v) is 4.60. The van der Waals surface area contributed by atoms with E-state index in [0.29, 0.717) is 0 Å². The van der Waals surface area contributed by atoms with Crippen LogP contribution < -0.4 is 0 Å². The Morgan fingerprint density at radius 1 is 1.50 bits per heavy atom. The van der Waals surface area contributed by atoms with E-state index in [4.69, 9.17) is 28.3 Å². The summed E-state index contributed by atoms with van der Waals surface area (Å²) in [4.78, 5) is 21.2. The van der Waals surface area contributed by atoms with Crippen LogP contribution in [0, 0.1) is 0 Å². The second-order valence-electron chi connectivity index (χ2n) is 2.52. The number of carbonyl (C=O) groups excluding carboxylic acids is 1. The normalized spacial score (nSPS) is 11.9. The number of esters is 1. The Morgan fingerprint density at radius 3 is 2.50 bits per heavy atom. The number of hydrogen-bond acceptors (Lipinski definition) is 3. The lowest BCUT2D eigenvalue weighted by Gasteiger charge is -2.07. The predicted molar refractivity (Wildman–Crippen MR) is 52.5 cm³/mol. The summed E-state index contributed by atoms with van der Waals surface area (Å²) >= 11 is 10.9. The van der Waals surface area contributed by atoms with E-state index in [0.717, 1.165) is 0 Å². The Hall–Kier alpha value is -0.740. The summed E-state index contributed by atoms with van der Waals surface area (Å²) in [7, 11) is 0. The van der Waals surface area contributed by atoms with E-state index >= 15 is 0 Å². The van der Waals surface area contributed by atoms with Gasteiger partial charge in [0.1, 0.15) is 12.0 Å². The highest BCUT2D eigenvalue weighted by Crippen LogP contribution is 2.09. The standard InChI is InChI=1S/C8H10Cl2O4/c1-5(9)4-14-8(13)6(10)2-3-7(11)12/h6H,1-4H2,(H,11,12). The van der Waals surface area contributed by atoms with Gasteiger partial charge in [-0.1, -0.05) is 18.2 Å². The molecule has 0 saturated carbocycles. The van der Waals surface area contributed by atoms with Crippen LogP contribution in [0.3, 0.4) is 0 Å². The molecule has 0 fully saturated rings. The Bertz CT molecular complexity index is 239. The number of halogens is 2. The third kappa shape index (κ3) is 6.74. The zero-order valence-corrected chi connectivity index (χ0v) is 8.85. The first-order chi connectivity index (χ1) is 6.43. The smallest absolute Gasteiger partial charge is 0.324 e. The van der Waals surface area contributed by atoms with Gasteiger partial charge in [-0.15, -0.1) is 11.6 Å². The van der Waals surface area contributed by atoms with Gasteiger partial charge in [-0.2, -0.15) is 0 Å². The first kappa shape index (κ1) is 13.3. The highest BCUT2D eigenvalue weighted by molar-refractivity contribution is 6.30. The molecule has 0 heterocycles. The molecular weight excluding hydrogens is 231 g/mol.